The second-order valence-corrected chi connectivity index (χ2v) is 5.39. The summed E-state index contributed by atoms with van der Waals surface area (Å²) in [5, 5.41) is 6.81. The zero-order chi connectivity index (χ0) is 15.4. The van der Waals surface area contributed by atoms with Crippen molar-refractivity contribution in [3.63, 3.8) is 0 Å². The SMILES string of the molecule is CCCc1ccc([C@@H](C)NC(=O)c2c(C)noc2C)cc1. The first-order valence-electron chi connectivity index (χ1n) is 7.35. The summed E-state index contributed by atoms with van der Waals surface area (Å²) in [6.07, 6.45) is 2.22. The largest absolute Gasteiger partial charge is 0.361 e. The molecule has 0 aliphatic heterocycles. The van der Waals surface area contributed by atoms with Crippen molar-refractivity contribution in [2.45, 2.75) is 46.6 Å². The molecule has 2 rings (SSSR count). The van der Waals surface area contributed by atoms with E-state index in [0.717, 1.165) is 18.4 Å². The number of benzene rings is 1. The van der Waals surface area contributed by atoms with Crippen molar-refractivity contribution < 1.29 is 9.32 Å². The van der Waals surface area contributed by atoms with Gasteiger partial charge in [0, 0.05) is 0 Å². The number of aryl methyl sites for hydroxylation is 3. The summed E-state index contributed by atoms with van der Waals surface area (Å²) >= 11 is 0. The average molecular weight is 286 g/mol. The van der Waals surface area contributed by atoms with Crippen LogP contribution in [0.3, 0.4) is 0 Å². The van der Waals surface area contributed by atoms with Crippen LogP contribution in [0.2, 0.25) is 0 Å². The maximum absolute atomic E-state index is 12.3. The summed E-state index contributed by atoms with van der Waals surface area (Å²) in [5.41, 5.74) is 3.57. The molecule has 1 N–H and O–H groups in total. The van der Waals surface area contributed by atoms with Crippen molar-refractivity contribution in [3.8, 4) is 0 Å². The van der Waals surface area contributed by atoms with Gasteiger partial charge in [0.05, 0.1) is 11.7 Å². The zero-order valence-corrected chi connectivity index (χ0v) is 13.1. The Morgan fingerprint density at radius 1 is 1.29 bits per heavy atom. The molecule has 1 atom stereocenters. The smallest absolute Gasteiger partial charge is 0.257 e. The van der Waals surface area contributed by atoms with Gasteiger partial charge in [0.2, 0.25) is 0 Å². The van der Waals surface area contributed by atoms with E-state index in [9.17, 15) is 4.79 Å². The Morgan fingerprint density at radius 3 is 2.48 bits per heavy atom. The number of carbonyl (C=O) groups excluding carboxylic acids is 1. The average Bonchev–Trinajstić information content (AvgIpc) is 2.79. The Balaban J connectivity index is 2.07. The van der Waals surface area contributed by atoms with Crippen molar-refractivity contribution in [2.75, 3.05) is 0 Å². The molecule has 0 saturated heterocycles. The molecule has 4 heteroatoms. The Labute approximate surface area is 125 Å². The van der Waals surface area contributed by atoms with Crippen molar-refractivity contribution in [2.24, 2.45) is 0 Å². The molecule has 21 heavy (non-hydrogen) atoms. The van der Waals surface area contributed by atoms with Gasteiger partial charge in [0.25, 0.3) is 5.91 Å². The lowest BCUT2D eigenvalue weighted by Gasteiger charge is -2.14. The second-order valence-electron chi connectivity index (χ2n) is 5.39. The molecule has 1 aromatic carbocycles. The van der Waals surface area contributed by atoms with Gasteiger partial charge in [-0.15, -0.1) is 0 Å². The lowest BCUT2D eigenvalue weighted by Crippen LogP contribution is -2.27. The van der Waals surface area contributed by atoms with E-state index < -0.39 is 0 Å². The molecular weight excluding hydrogens is 264 g/mol. The van der Waals surface area contributed by atoms with Gasteiger partial charge in [-0.3, -0.25) is 4.79 Å². The van der Waals surface area contributed by atoms with E-state index in [-0.39, 0.29) is 11.9 Å². The summed E-state index contributed by atoms with van der Waals surface area (Å²) in [6, 6.07) is 8.34. The molecule has 0 bridgehead atoms. The van der Waals surface area contributed by atoms with Crippen LogP contribution in [-0.4, -0.2) is 11.1 Å². The minimum Gasteiger partial charge on any atom is -0.361 e. The molecule has 2 aromatic rings. The van der Waals surface area contributed by atoms with Crippen LogP contribution in [0, 0.1) is 13.8 Å². The van der Waals surface area contributed by atoms with Gasteiger partial charge in [0.15, 0.2) is 0 Å². The predicted molar refractivity (Wildman–Crippen MR) is 82.3 cm³/mol. The van der Waals surface area contributed by atoms with Gasteiger partial charge in [-0.05, 0) is 38.3 Å². The van der Waals surface area contributed by atoms with Crippen LogP contribution in [0.4, 0.5) is 0 Å². The number of carbonyl (C=O) groups is 1. The first-order chi connectivity index (χ1) is 10.0. The topological polar surface area (TPSA) is 55.1 Å². The fourth-order valence-corrected chi connectivity index (χ4v) is 2.42. The minimum atomic E-state index is -0.142. The molecule has 0 unspecified atom stereocenters. The van der Waals surface area contributed by atoms with Crippen LogP contribution in [0.25, 0.3) is 0 Å². The number of nitrogens with zero attached hydrogens (tertiary/aromatic N) is 1. The quantitative estimate of drug-likeness (QED) is 0.911. The first kappa shape index (κ1) is 15.3. The van der Waals surface area contributed by atoms with E-state index in [1.807, 2.05) is 6.92 Å². The number of aromatic nitrogens is 1. The molecule has 4 nitrogen and oxygen atoms in total. The van der Waals surface area contributed by atoms with Crippen LogP contribution >= 0.6 is 0 Å². The number of amides is 1. The summed E-state index contributed by atoms with van der Waals surface area (Å²) in [4.78, 5) is 12.3. The number of rotatable bonds is 5. The Morgan fingerprint density at radius 2 is 1.95 bits per heavy atom. The normalized spacial score (nSPS) is 12.2. The molecule has 0 aliphatic rings. The molecule has 1 heterocycles. The van der Waals surface area contributed by atoms with Gasteiger partial charge in [-0.25, -0.2) is 0 Å². The minimum absolute atomic E-state index is 0.0538. The van der Waals surface area contributed by atoms with Crippen molar-refractivity contribution in [1.29, 1.82) is 0 Å². The van der Waals surface area contributed by atoms with Crippen LogP contribution in [0.5, 0.6) is 0 Å². The predicted octanol–water partition coefficient (Wildman–Crippen LogP) is 3.73. The summed E-state index contributed by atoms with van der Waals surface area (Å²) < 4.78 is 5.04. The van der Waals surface area contributed by atoms with Crippen LogP contribution in [-0.2, 0) is 6.42 Å². The van der Waals surface area contributed by atoms with Crippen LogP contribution in [0.1, 0.15) is 59.2 Å². The van der Waals surface area contributed by atoms with Gasteiger partial charge in [-0.2, -0.15) is 0 Å². The Bertz CT molecular complexity index is 595. The number of nitrogens with one attached hydrogen (secondary N) is 1. The zero-order valence-electron chi connectivity index (χ0n) is 13.1. The summed E-state index contributed by atoms with van der Waals surface area (Å²) in [5.74, 6) is 0.409. The van der Waals surface area contributed by atoms with Gasteiger partial charge < -0.3 is 9.84 Å². The highest BCUT2D eigenvalue weighted by Gasteiger charge is 2.19. The number of hydrogen-bond acceptors (Lipinski definition) is 3. The second kappa shape index (κ2) is 6.57. The third-order valence-electron chi connectivity index (χ3n) is 3.63. The van der Waals surface area contributed by atoms with E-state index in [0.29, 0.717) is 17.0 Å². The monoisotopic (exact) mass is 286 g/mol. The van der Waals surface area contributed by atoms with E-state index >= 15 is 0 Å². The highest BCUT2D eigenvalue weighted by atomic mass is 16.5. The highest BCUT2D eigenvalue weighted by Crippen LogP contribution is 2.17. The highest BCUT2D eigenvalue weighted by molar-refractivity contribution is 5.96. The standard InChI is InChI=1S/C17H22N2O2/c1-5-6-14-7-9-15(10-8-14)11(2)18-17(20)16-12(3)19-21-13(16)4/h7-11H,5-6H2,1-4H3,(H,18,20)/t11-/m1/s1. The molecule has 1 amide bonds. The Hall–Kier alpha value is -2.10. The molecule has 0 radical (unpaired) electrons. The fourth-order valence-electron chi connectivity index (χ4n) is 2.42. The van der Waals surface area contributed by atoms with E-state index in [2.05, 4.69) is 41.7 Å². The van der Waals surface area contributed by atoms with Gasteiger partial charge in [-0.1, -0.05) is 42.8 Å². The van der Waals surface area contributed by atoms with E-state index in [1.165, 1.54) is 5.56 Å². The molecule has 0 aliphatic carbocycles. The van der Waals surface area contributed by atoms with Gasteiger partial charge in [0.1, 0.15) is 11.3 Å². The molecule has 0 saturated carbocycles. The van der Waals surface area contributed by atoms with Crippen LogP contribution < -0.4 is 5.32 Å². The maximum Gasteiger partial charge on any atom is 0.257 e. The van der Waals surface area contributed by atoms with E-state index in [1.54, 1.807) is 13.8 Å². The number of hydrogen-bond donors (Lipinski definition) is 1. The third kappa shape index (κ3) is 3.51. The maximum atomic E-state index is 12.3. The lowest BCUT2D eigenvalue weighted by molar-refractivity contribution is 0.0938. The van der Waals surface area contributed by atoms with Crippen molar-refractivity contribution in [3.05, 3.63) is 52.4 Å². The van der Waals surface area contributed by atoms with Crippen molar-refractivity contribution in [1.82, 2.24) is 10.5 Å². The van der Waals surface area contributed by atoms with Gasteiger partial charge >= 0.3 is 0 Å². The molecular formula is C17H22N2O2. The van der Waals surface area contributed by atoms with Crippen molar-refractivity contribution >= 4 is 5.91 Å². The van der Waals surface area contributed by atoms with E-state index in [4.69, 9.17) is 4.52 Å². The summed E-state index contributed by atoms with van der Waals surface area (Å²) in [6.45, 7) is 7.67. The summed E-state index contributed by atoms with van der Waals surface area (Å²) in [7, 11) is 0. The first-order valence-corrected chi connectivity index (χ1v) is 7.35. The lowest BCUT2D eigenvalue weighted by atomic mass is 10.0. The molecule has 112 valence electrons. The van der Waals surface area contributed by atoms with Crippen LogP contribution in [0.15, 0.2) is 28.8 Å². The Kier molecular flexibility index (Phi) is 4.78. The third-order valence-corrected chi connectivity index (χ3v) is 3.63. The molecule has 0 spiro atoms. The molecule has 1 aromatic heterocycles. The molecule has 0 fully saturated rings. The fraction of sp³-hybridized carbons (Fsp3) is 0.412.